The van der Waals surface area contributed by atoms with Gasteiger partial charge in [0, 0.05) is 25.4 Å². The molecule has 0 N–H and O–H groups in total. The first-order chi connectivity index (χ1) is 11.3. The van der Waals surface area contributed by atoms with E-state index in [2.05, 4.69) is 24.3 Å². The van der Waals surface area contributed by atoms with Gasteiger partial charge in [-0.25, -0.2) is 0 Å². The largest absolute Gasteiger partial charge is 0.376 e. The van der Waals surface area contributed by atoms with Crippen LogP contribution in [0.15, 0.2) is 60.7 Å². The standard InChI is InChI=1S/C20H23NO2/c22-20-13-19(16-23-15-18-9-5-2-6-10-18)14-21(20)12-11-17-7-3-1-4-8-17/h1-10,19H,11-16H2. The van der Waals surface area contributed by atoms with E-state index in [-0.39, 0.29) is 5.91 Å². The predicted molar refractivity (Wildman–Crippen MR) is 90.9 cm³/mol. The molecule has 0 spiro atoms. The van der Waals surface area contributed by atoms with E-state index in [4.69, 9.17) is 4.74 Å². The van der Waals surface area contributed by atoms with E-state index >= 15 is 0 Å². The van der Waals surface area contributed by atoms with Gasteiger partial charge < -0.3 is 9.64 Å². The van der Waals surface area contributed by atoms with Gasteiger partial charge in [-0.3, -0.25) is 4.79 Å². The van der Waals surface area contributed by atoms with E-state index in [0.29, 0.717) is 25.6 Å². The molecule has 1 aliphatic heterocycles. The number of carbonyl (C=O) groups is 1. The Morgan fingerprint density at radius 3 is 2.30 bits per heavy atom. The maximum absolute atomic E-state index is 12.1. The van der Waals surface area contributed by atoms with E-state index < -0.39 is 0 Å². The molecule has 3 nitrogen and oxygen atoms in total. The predicted octanol–water partition coefficient (Wildman–Crippen LogP) is 3.29. The average molecular weight is 309 g/mol. The summed E-state index contributed by atoms with van der Waals surface area (Å²) in [5.74, 6) is 0.580. The van der Waals surface area contributed by atoms with Gasteiger partial charge >= 0.3 is 0 Å². The first-order valence-corrected chi connectivity index (χ1v) is 8.24. The van der Waals surface area contributed by atoms with Crippen LogP contribution in [0.2, 0.25) is 0 Å². The monoisotopic (exact) mass is 309 g/mol. The number of nitrogens with zero attached hydrogens (tertiary/aromatic N) is 1. The van der Waals surface area contributed by atoms with Crippen LogP contribution in [-0.4, -0.2) is 30.5 Å². The molecular formula is C20H23NO2. The van der Waals surface area contributed by atoms with Crippen molar-refractivity contribution in [3.63, 3.8) is 0 Å². The Morgan fingerprint density at radius 1 is 0.957 bits per heavy atom. The van der Waals surface area contributed by atoms with Crippen LogP contribution < -0.4 is 0 Å². The van der Waals surface area contributed by atoms with E-state index in [1.165, 1.54) is 11.1 Å². The Hall–Kier alpha value is -2.13. The van der Waals surface area contributed by atoms with Crippen LogP contribution >= 0.6 is 0 Å². The van der Waals surface area contributed by atoms with Gasteiger partial charge in [-0.15, -0.1) is 0 Å². The maximum Gasteiger partial charge on any atom is 0.223 e. The fraction of sp³-hybridized carbons (Fsp3) is 0.350. The lowest BCUT2D eigenvalue weighted by Gasteiger charge is -2.16. The molecule has 0 aliphatic carbocycles. The molecule has 0 aromatic heterocycles. The molecule has 0 saturated carbocycles. The fourth-order valence-corrected chi connectivity index (χ4v) is 3.01. The Morgan fingerprint density at radius 2 is 1.61 bits per heavy atom. The van der Waals surface area contributed by atoms with Crippen molar-refractivity contribution in [3.05, 3.63) is 71.8 Å². The fourth-order valence-electron chi connectivity index (χ4n) is 3.01. The third-order valence-electron chi connectivity index (χ3n) is 4.27. The Bertz CT molecular complexity index is 612. The van der Waals surface area contributed by atoms with E-state index in [9.17, 15) is 4.79 Å². The van der Waals surface area contributed by atoms with Crippen molar-refractivity contribution in [1.29, 1.82) is 0 Å². The first kappa shape index (κ1) is 15.8. The molecule has 3 heteroatoms. The number of carbonyl (C=O) groups excluding carboxylic acids is 1. The van der Waals surface area contributed by atoms with Crippen LogP contribution in [0.1, 0.15) is 17.5 Å². The normalized spacial score (nSPS) is 17.7. The highest BCUT2D eigenvalue weighted by Crippen LogP contribution is 2.19. The molecule has 1 unspecified atom stereocenters. The summed E-state index contributed by atoms with van der Waals surface area (Å²) in [6.45, 7) is 2.90. The van der Waals surface area contributed by atoms with Crippen molar-refractivity contribution < 1.29 is 9.53 Å². The van der Waals surface area contributed by atoms with Gasteiger partial charge in [0.25, 0.3) is 0 Å². The molecule has 1 amide bonds. The summed E-state index contributed by atoms with van der Waals surface area (Å²) in [5, 5.41) is 0. The SMILES string of the molecule is O=C1CC(COCc2ccccc2)CN1CCc1ccccc1. The number of ether oxygens (including phenoxy) is 1. The van der Waals surface area contributed by atoms with Crippen molar-refractivity contribution in [2.24, 2.45) is 5.92 Å². The van der Waals surface area contributed by atoms with Gasteiger partial charge in [0.2, 0.25) is 5.91 Å². The summed E-state index contributed by atoms with van der Waals surface area (Å²) in [5.41, 5.74) is 2.46. The minimum absolute atomic E-state index is 0.259. The summed E-state index contributed by atoms with van der Waals surface area (Å²) in [4.78, 5) is 14.1. The van der Waals surface area contributed by atoms with E-state index in [0.717, 1.165) is 19.5 Å². The number of hydrogen-bond donors (Lipinski definition) is 0. The van der Waals surface area contributed by atoms with Crippen LogP contribution in [0.3, 0.4) is 0 Å². The average Bonchev–Trinajstić information content (AvgIpc) is 2.95. The van der Waals surface area contributed by atoms with Crippen molar-refractivity contribution >= 4 is 5.91 Å². The van der Waals surface area contributed by atoms with Crippen LogP contribution in [-0.2, 0) is 22.6 Å². The molecule has 23 heavy (non-hydrogen) atoms. The third-order valence-corrected chi connectivity index (χ3v) is 4.27. The highest BCUT2D eigenvalue weighted by Gasteiger charge is 2.29. The van der Waals surface area contributed by atoms with Crippen LogP contribution in [0.5, 0.6) is 0 Å². The third kappa shape index (κ3) is 4.67. The molecule has 1 atom stereocenters. The summed E-state index contributed by atoms with van der Waals surface area (Å²) >= 11 is 0. The van der Waals surface area contributed by atoms with Crippen molar-refractivity contribution in [2.75, 3.05) is 19.7 Å². The lowest BCUT2D eigenvalue weighted by molar-refractivity contribution is -0.127. The zero-order chi connectivity index (χ0) is 15.9. The smallest absolute Gasteiger partial charge is 0.223 e. The number of amides is 1. The highest BCUT2D eigenvalue weighted by atomic mass is 16.5. The van der Waals surface area contributed by atoms with Gasteiger partial charge in [-0.05, 0) is 17.5 Å². The van der Waals surface area contributed by atoms with Crippen molar-refractivity contribution in [1.82, 2.24) is 4.90 Å². The Kier molecular flexibility index (Phi) is 5.43. The summed E-state index contributed by atoms with van der Waals surface area (Å²) in [6, 6.07) is 20.5. The van der Waals surface area contributed by atoms with Gasteiger partial charge in [0.1, 0.15) is 0 Å². The van der Waals surface area contributed by atoms with E-state index in [1.54, 1.807) is 0 Å². The highest BCUT2D eigenvalue weighted by molar-refractivity contribution is 5.78. The number of rotatable bonds is 7. The quantitative estimate of drug-likeness (QED) is 0.785. The molecule has 1 fully saturated rings. The zero-order valence-corrected chi connectivity index (χ0v) is 13.4. The molecule has 1 aliphatic rings. The van der Waals surface area contributed by atoms with Crippen molar-refractivity contribution in [3.8, 4) is 0 Å². The molecule has 1 saturated heterocycles. The second kappa shape index (κ2) is 7.93. The van der Waals surface area contributed by atoms with E-state index in [1.807, 2.05) is 41.3 Å². The van der Waals surface area contributed by atoms with Crippen LogP contribution in [0.25, 0.3) is 0 Å². The minimum atomic E-state index is 0.259. The topological polar surface area (TPSA) is 29.5 Å². The van der Waals surface area contributed by atoms with Crippen molar-refractivity contribution in [2.45, 2.75) is 19.4 Å². The molecule has 1 heterocycles. The molecular weight excluding hydrogens is 286 g/mol. The summed E-state index contributed by atoms with van der Waals surface area (Å²) in [7, 11) is 0. The number of benzene rings is 2. The molecule has 3 rings (SSSR count). The first-order valence-electron chi connectivity index (χ1n) is 8.24. The van der Waals surface area contributed by atoms with Gasteiger partial charge in [0.05, 0.1) is 13.2 Å². The summed E-state index contributed by atoms with van der Waals surface area (Å²) < 4.78 is 5.78. The van der Waals surface area contributed by atoms with Gasteiger partial charge in [-0.2, -0.15) is 0 Å². The molecule has 2 aromatic rings. The lowest BCUT2D eigenvalue weighted by Crippen LogP contribution is -2.28. The molecule has 2 aromatic carbocycles. The number of hydrogen-bond acceptors (Lipinski definition) is 2. The molecule has 120 valence electrons. The lowest BCUT2D eigenvalue weighted by atomic mass is 10.1. The van der Waals surface area contributed by atoms with Gasteiger partial charge in [-0.1, -0.05) is 60.7 Å². The zero-order valence-electron chi connectivity index (χ0n) is 13.4. The van der Waals surface area contributed by atoms with Crippen LogP contribution in [0, 0.1) is 5.92 Å². The minimum Gasteiger partial charge on any atom is -0.376 e. The molecule has 0 radical (unpaired) electrons. The summed E-state index contributed by atoms with van der Waals surface area (Å²) in [6.07, 6.45) is 1.54. The Labute approximate surface area is 137 Å². The molecule has 0 bridgehead atoms. The maximum atomic E-state index is 12.1. The van der Waals surface area contributed by atoms with Gasteiger partial charge in [0.15, 0.2) is 0 Å². The second-order valence-corrected chi connectivity index (χ2v) is 6.15. The Balaban J connectivity index is 1.40. The number of likely N-dealkylation sites (tertiary alicyclic amines) is 1. The van der Waals surface area contributed by atoms with Crippen LogP contribution in [0.4, 0.5) is 0 Å². The second-order valence-electron chi connectivity index (χ2n) is 6.15.